The molecule has 4 nitrogen and oxygen atoms in total. The fourth-order valence-electron chi connectivity index (χ4n) is 4.33. The molecule has 1 saturated heterocycles. The number of hydrogen-bond acceptors (Lipinski definition) is 3. The third-order valence-electron chi connectivity index (χ3n) is 5.56. The van der Waals surface area contributed by atoms with Crippen molar-refractivity contribution in [3.8, 4) is 5.75 Å². The van der Waals surface area contributed by atoms with Gasteiger partial charge in [0.2, 0.25) is 0 Å². The number of piperidine rings is 1. The standard InChI is InChI=1S/C24H34N2O2/c1-4-23(28-22-11-10-20-8-5-6-9-21(20)15-22)24(27)25-12-7-13-26-16-18(2)14-19(3)17-26/h5-6,8-11,15,18-19,23H,4,7,12-14,16-17H2,1-3H3,(H,25,27). The van der Waals surface area contributed by atoms with Crippen molar-refractivity contribution in [3.63, 3.8) is 0 Å². The summed E-state index contributed by atoms with van der Waals surface area (Å²) in [6.45, 7) is 10.8. The first-order valence-electron chi connectivity index (χ1n) is 10.7. The van der Waals surface area contributed by atoms with Gasteiger partial charge in [-0.05, 0) is 60.5 Å². The molecule has 0 radical (unpaired) electrons. The number of nitrogens with zero attached hydrogens (tertiary/aromatic N) is 1. The van der Waals surface area contributed by atoms with Gasteiger partial charge in [0.1, 0.15) is 5.75 Å². The lowest BCUT2D eigenvalue weighted by atomic mass is 9.92. The normalized spacial score (nSPS) is 21.4. The van der Waals surface area contributed by atoms with Crippen LogP contribution in [0.5, 0.6) is 5.75 Å². The number of nitrogens with one attached hydrogen (secondary N) is 1. The lowest BCUT2D eigenvalue weighted by Gasteiger charge is -2.35. The van der Waals surface area contributed by atoms with Gasteiger partial charge in [0, 0.05) is 19.6 Å². The number of rotatable bonds is 8. The number of hydrogen-bond donors (Lipinski definition) is 1. The van der Waals surface area contributed by atoms with Crippen molar-refractivity contribution in [1.82, 2.24) is 10.2 Å². The maximum Gasteiger partial charge on any atom is 0.261 e. The molecule has 3 unspecified atom stereocenters. The molecule has 4 heteroatoms. The number of fused-ring (bicyclic) bond motifs is 1. The Morgan fingerprint density at radius 2 is 1.86 bits per heavy atom. The van der Waals surface area contributed by atoms with Crippen LogP contribution in [0.2, 0.25) is 0 Å². The third kappa shape index (κ3) is 5.71. The summed E-state index contributed by atoms with van der Waals surface area (Å²) < 4.78 is 5.99. The number of carbonyl (C=O) groups is 1. The molecule has 0 saturated carbocycles. The predicted molar refractivity (Wildman–Crippen MR) is 116 cm³/mol. The van der Waals surface area contributed by atoms with E-state index in [0.717, 1.165) is 35.9 Å². The Bertz CT molecular complexity index is 766. The monoisotopic (exact) mass is 382 g/mol. The molecular weight excluding hydrogens is 348 g/mol. The highest BCUT2D eigenvalue weighted by Crippen LogP contribution is 2.22. The summed E-state index contributed by atoms with van der Waals surface area (Å²) in [5.74, 6) is 2.28. The molecule has 152 valence electrons. The Morgan fingerprint density at radius 1 is 1.14 bits per heavy atom. The average molecular weight is 383 g/mol. The molecule has 0 bridgehead atoms. The van der Waals surface area contributed by atoms with E-state index in [-0.39, 0.29) is 5.91 Å². The van der Waals surface area contributed by atoms with Crippen molar-refractivity contribution < 1.29 is 9.53 Å². The molecule has 1 N–H and O–H groups in total. The molecule has 0 aliphatic carbocycles. The molecule has 1 aliphatic heterocycles. The van der Waals surface area contributed by atoms with Gasteiger partial charge in [-0.2, -0.15) is 0 Å². The van der Waals surface area contributed by atoms with Gasteiger partial charge in [-0.15, -0.1) is 0 Å². The lowest BCUT2D eigenvalue weighted by Crippen LogP contribution is -2.41. The van der Waals surface area contributed by atoms with E-state index < -0.39 is 6.10 Å². The van der Waals surface area contributed by atoms with Crippen LogP contribution in [-0.2, 0) is 4.79 Å². The van der Waals surface area contributed by atoms with Gasteiger partial charge in [0.05, 0.1) is 0 Å². The van der Waals surface area contributed by atoms with Crippen LogP contribution in [0.15, 0.2) is 42.5 Å². The fraction of sp³-hybridized carbons (Fsp3) is 0.542. The molecule has 0 spiro atoms. The zero-order valence-electron chi connectivity index (χ0n) is 17.5. The van der Waals surface area contributed by atoms with Gasteiger partial charge in [-0.1, -0.05) is 51.1 Å². The van der Waals surface area contributed by atoms with Crippen molar-refractivity contribution in [2.24, 2.45) is 11.8 Å². The zero-order valence-corrected chi connectivity index (χ0v) is 17.5. The van der Waals surface area contributed by atoms with Crippen LogP contribution in [0.3, 0.4) is 0 Å². The van der Waals surface area contributed by atoms with E-state index in [0.29, 0.717) is 13.0 Å². The minimum Gasteiger partial charge on any atom is -0.481 e. The zero-order chi connectivity index (χ0) is 19.9. The summed E-state index contributed by atoms with van der Waals surface area (Å²) in [6, 6.07) is 14.2. The molecular formula is C24H34N2O2. The largest absolute Gasteiger partial charge is 0.481 e. The molecule has 1 amide bonds. The maximum absolute atomic E-state index is 12.5. The summed E-state index contributed by atoms with van der Waals surface area (Å²) >= 11 is 0. The molecule has 28 heavy (non-hydrogen) atoms. The number of likely N-dealkylation sites (tertiary alicyclic amines) is 1. The van der Waals surface area contributed by atoms with Gasteiger partial charge in [-0.3, -0.25) is 4.79 Å². The van der Waals surface area contributed by atoms with E-state index in [2.05, 4.69) is 36.2 Å². The third-order valence-corrected chi connectivity index (χ3v) is 5.56. The minimum absolute atomic E-state index is 0.0176. The van der Waals surface area contributed by atoms with Crippen LogP contribution in [0, 0.1) is 11.8 Å². The van der Waals surface area contributed by atoms with Crippen LogP contribution in [-0.4, -0.2) is 43.1 Å². The summed E-state index contributed by atoms with van der Waals surface area (Å²) in [4.78, 5) is 15.1. The Hall–Kier alpha value is -2.07. The Labute approximate surface area is 169 Å². The second kappa shape index (κ2) is 9.92. The number of benzene rings is 2. The van der Waals surface area contributed by atoms with Crippen molar-refractivity contribution in [1.29, 1.82) is 0 Å². The summed E-state index contributed by atoms with van der Waals surface area (Å²) in [6.07, 6.45) is 2.52. The Balaban J connectivity index is 1.45. The average Bonchev–Trinajstić information content (AvgIpc) is 2.68. The van der Waals surface area contributed by atoms with E-state index in [1.165, 1.54) is 24.9 Å². The summed E-state index contributed by atoms with van der Waals surface area (Å²) in [5, 5.41) is 5.36. The summed E-state index contributed by atoms with van der Waals surface area (Å²) in [5.41, 5.74) is 0. The first-order valence-corrected chi connectivity index (χ1v) is 10.7. The highest BCUT2D eigenvalue weighted by molar-refractivity contribution is 5.84. The number of ether oxygens (including phenoxy) is 1. The lowest BCUT2D eigenvalue weighted by molar-refractivity contribution is -0.128. The minimum atomic E-state index is -0.448. The van der Waals surface area contributed by atoms with Crippen molar-refractivity contribution >= 4 is 16.7 Å². The van der Waals surface area contributed by atoms with Crippen molar-refractivity contribution in [3.05, 3.63) is 42.5 Å². The van der Waals surface area contributed by atoms with Crippen LogP contribution in [0.1, 0.15) is 40.0 Å². The van der Waals surface area contributed by atoms with Crippen LogP contribution >= 0.6 is 0 Å². The molecule has 3 rings (SSSR count). The highest BCUT2D eigenvalue weighted by Gasteiger charge is 2.22. The molecule has 2 aromatic rings. The van der Waals surface area contributed by atoms with Crippen molar-refractivity contribution in [2.75, 3.05) is 26.2 Å². The molecule has 1 heterocycles. The smallest absolute Gasteiger partial charge is 0.261 e. The SMILES string of the molecule is CCC(Oc1ccc2ccccc2c1)C(=O)NCCCN1CC(C)CC(C)C1. The quantitative estimate of drug-likeness (QED) is 0.685. The second-order valence-corrected chi connectivity index (χ2v) is 8.37. The van der Waals surface area contributed by atoms with Crippen LogP contribution < -0.4 is 10.1 Å². The first-order chi connectivity index (χ1) is 13.5. The molecule has 1 aliphatic rings. The van der Waals surface area contributed by atoms with Gasteiger partial charge in [-0.25, -0.2) is 0 Å². The van der Waals surface area contributed by atoms with Crippen LogP contribution in [0.25, 0.3) is 10.8 Å². The van der Waals surface area contributed by atoms with Crippen molar-refractivity contribution in [2.45, 2.75) is 46.1 Å². The van der Waals surface area contributed by atoms with E-state index in [1.807, 2.05) is 37.3 Å². The van der Waals surface area contributed by atoms with E-state index in [4.69, 9.17) is 4.74 Å². The van der Waals surface area contributed by atoms with Gasteiger partial charge in [0.15, 0.2) is 6.10 Å². The molecule has 2 aromatic carbocycles. The van der Waals surface area contributed by atoms with Gasteiger partial charge >= 0.3 is 0 Å². The first kappa shape index (κ1) is 20.7. The maximum atomic E-state index is 12.5. The summed E-state index contributed by atoms with van der Waals surface area (Å²) in [7, 11) is 0. The number of carbonyl (C=O) groups excluding carboxylic acids is 1. The van der Waals surface area contributed by atoms with E-state index >= 15 is 0 Å². The highest BCUT2D eigenvalue weighted by atomic mass is 16.5. The van der Waals surface area contributed by atoms with E-state index in [9.17, 15) is 4.79 Å². The van der Waals surface area contributed by atoms with Crippen LogP contribution in [0.4, 0.5) is 0 Å². The fourth-order valence-corrected chi connectivity index (χ4v) is 4.33. The Kier molecular flexibility index (Phi) is 7.32. The topological polar surface area (TPSA) is 41.6 Å². The molecule has 3 atom stereocenters. The van der Waals surface area contributed by atoms with Gasteiger partial charge in [0.25, 0.3) is 5.91 Å². The van der Waals surface area contributed by atoms with Gasteiger partial charge < -0.3 is 15.0 Å². The molecule has 1 fully saturated rings. The molecule has 0 aromatic heterocycles. The van der Waals surface area contributed by atoms with E-state index in [1.54, 1.807) is 0 Å². The second-order valence-electron chi connectivity index (χ2n) is 8.37. The predicted octanol–water partition coefficient (Wildman–Crippen LogP) is 4.48. The number of amides is 1. The Morgan fingerprint density at radius 3 is 2.57 bits per heavy atom.